The summed E-state index contributed by atoms with van der Waals surface area (Å²) in [5.74, 6) is 1.13. The van der Waals surface area contributed by atoms with Crippen LogP contribution in [0.2, 0.25) is 0 Å². The van der Waals surface area contributed by atoms with E-state index in [1.807, 2.05) is 19.1 Å². The maximum Gasteiger partial charge on any atom is 0.291 e. The van der Waals surface area contributed by atoms with Gasteiger partial charge in [0.2, 0.25) is 12.6 Å². The Bertz CT molecular complexity index is 1540. The van der Waals surface area contributed by atoms with E-state index in [2.05, 4.69) is 0 Å². The molecule has 1 amide bonds. The van der Waals surface area contributed by atoms with Gasteiger partial charge in [0.25, 0.3) is 5.91 Å². The normalized spacial score (nSPS) is 16.1. The smallest absolute Gasteiger partial charge is 0.291 e. The lowest BCUT2D eigenvalue weighted by atomic mass is 9.97. The van der Waals surface area contributed by atoms with Crippen molar-refractivity contribution in [2.75, 3.05) is 13.4 Å². The highest BCUT2D eigenvalue weighted by Gasteiger charge is 2.43. The highest BCUT2D eigenvalue weighted by Crippen LogP contribution is 2.42. The standard InChI is InChI=1S/C27H21NO7/c1-2-32-21-12-16(8-9-18(21)29)24-23-25(30)17-5-3-4-6-19(17)35-26(23)27(31)28(24)13-15-7-10-20-22(11-15)34-14-33-20/h3-12,24,29H,2,13-14H2,1H3/t24-/m0/s1. The number of benzene rings is 3. The molecule has 4 aromatic rings. The van der Waals surface area contributed by atoms with E-state index in [-0.39, 0.29) is 41.6 Å². The van der Waals surface area contributed by atoms with Gasteiger partial charge in [-0.25, -0.2) is 0 Å². The Labute approximate surface area is 199 Å². The molecule has 0 unspecified atom stereocenters. The Kier molecular flexibility index (Phi) is 4.88. The van der Waals surface area contributed by atoms with Crippen LogP contribution in [0.5, 0.6) is 23.0 Å². The Morgan fingerprint density at radius 1 is 1.03 bits per heavy atom. The SMILES string of the molecule is CCOc1cc([C@H]2c3c(oc4ccccc4c3=O)C(=O)N2Cc2ccc3c(c2)OCO3)ccc1O. The van der Waals surface area contributed by atoms with Crippen molar-refractivity contribution in [2.24, 2.45) is 0 Å². The van der Waals surface area contributed by atoms with Gasteiger partial charge in [-0.05, 0) is 54.4 Å². The molecule has 0 spiro atoms. The average molecular weight is 471 g/mol. The minimum absolute atomic E-state index is 0.0190. The van der Waals surface area contributed by atoms with Crippen LogP contribution in [0.25, 0.3) is 11.0 Å². The molecule has 1 atom stereocenters. The predicted molar refractivity (Wildman–Crippen MR) is 126 cm³/mol. The van der Waals surface area contributed by atoms with E-state index in [1.54, 1.807) is 47.4 Å². The molecule has 8 nitrogen and oxygen atoms in total. The maximum atomic E-state index is 13.6. The Hall–Kier alpha value is -4.46. The van der Waals surface area contributed by atoms with Crippen LogP contribution in [0.3, 0.4) is 0 Å². The summed E-state index contributed by atoms with van der Waals surface area (Å²) in [6.45, 7) is 2.51. The van der Waals surface area contributed by atoms with Crippen LogP contribution in [-0.2, 0) is 6.54 Å². The van der Waals surface area contributed by atoms with E-state index in [9.17, 15) is 14.7 Å². The molecule has 3 aromatic carbocycles. The van der Waals surface area contributed by atoms with Crippen molar-refractivity contribution in [3.8, 4) is 23.0 Å². The van der Waals surface area contributed by atoms with E-state index < -0.39 is 11.9 Å². The zero-order valence-corrected chi connectivity index (χ0v) is 18.8. The molecule has 0 fully saturated rings. The highest BCUT2D eigenvalue weighted by atomic mass is 16.7. The Morgan fingerprint density at radius 2 is 1.86 bits per heavy atom. The first-order chi connectivity index (χ1) is 17.0. The minimum Gasteiger partial charge on any atom is -0.504 e. The number of carbonyl (C=O) groups is 1. The van der Waals surface area contributed by atoms with Crippen molar-refractivity contribution in [1.29, 1.82) is 0 Å². The van der Waals surface area contributed by atoms with Gasteiger partial charge in [-0.15, -0.1) is 0 Å². The van der Waals surface area contributed by atoms with E-state index >= 15 is 0 Å². The number of carbonyl (C=O) groups excluding carboxylic acids is 1. The number of nitrogens with zero attached hydrogens (tertiary/aromatic N) is 1. The molecular weight excluding hydrogens is 450 g/mol. The second-order valence-electron chi connectivity index (χ2n) is 8.35. The number of ether oxygens (including phenoxy) is 3. The molecule has 0 radical (unpaired) electrons. The Morgan fingerprint density at radius 3 is 2.71 bits per heavy atom. The van der Waals surface area contributed by atoms with Crippen LogP contribution in [0.15, 0.2) is 69.9 Å². The monoisotopic (exact) mass is 471 g/mol. The van der Waals surface area contributed by atoms with Crippen molar-refractivity contribution in [2.45, 2.75) is 19.5 Å². The van der Waals surface area contributed by atoms with Gasteiger partial charge in [-0.3, -0.25) is 9.59 Å². The number of hydrogen-bond acceptors (Lipinski definition) is 7. The number of para-hydroxylation sites is 1. The number of phenolic OH excluding ortho intramolecular Hbond substituents is 1. The quantitative estimate of drug-likeness (QED) is 0.461. The summed E-state index contributed by atoms with van der Waals surface area (Å²) in [7, 11) is 0. The zero-order valence-electron chi connectivity index (χ0n) is 18.8. The third kappa shape index (κ3) is 3.37. The van der Waals surface area contributed by atoms with Crippen molar-refractivity contribution in [3.63, 3.8) is 0 Å². The molecule has 2 aliphatic heterocycles. The van der Waals surface area contributed by atoms with Crippen molar-refractivity contribution < 1.29 is 28.5 Å². The van der Waals surface area contributed by atoms with Crippen LogP contribution < -0.4 is 19.6 Å². The van der Waals surface area contributed by atoms with Gasteiger partial charge in [0.05, 0.1) is 23.6 Å². The van der Waals surface area contributed by atoms with Gasteiger partial charge >= 0.3 is 0 Å². The third-order valence-corrected chi connectivity index (χ3v) is 6.26. The lowest BCUT2D eigenvalue weighted by Crippen LogP contribution is -2.29. The molecular formula is C27H21NO7. The molecule has 0 aliphatic carbocycles. The fourth-order valence-corrected chi connectivity index (χ4v) is 4.68. The molecule has 8 heteroatoms. The summed E-state index contributed by atoms with van der Waals surface area (Å²) in [4.78, 5) is 28.9. The lowest BCUT2D eigenvalue weighted by Gasteiger charge is -2.26. The molecule has 2 aliphatic rings. The van der Waals surface area contributed by atoms with E-state index in [1.165, 1.54) is 6.07 Å². The number of amides is 1. The number of hydrogen-bond donors (Lipinski definition) is 1. The van der Waals surface area contributed by atoms with Crippen LogP contribution in [0, 0.1) is 0 Å². The van der Waals surface area contributed by atoms with Crippen molar-refractivity contribution in [3.05, 3.63) is 93.3 Å². The fourth-order valence-electron chi connectivity index (χ4n) is 4.68. The van der Waals surface area contributed by atoms with Crippen LogP contribution in [0.4, 0.5) is 0 Å². The molecule has 0 saturated heterocycles. The second kappa shape index (κ2) is 8.09. The maximum absolute atomic E-state index is 13.6. The van der Waals surface area contributed by atoms with Gasteiger partial charge in [0.1, 0.15) is 5.58 Å². The lowest BCUT2D eigenvalue weighted by molar-refractivity contribution is 0.0714. The van der Waals surface area contributed by atoms with Crippen LogP contribution >= 0.6 is 0 Å². The molecule has 0 bridgehead atoms. The predicted octanol–water partition coefficient (Wildman–Crippen LogP) is 4.37. The molecule has 1 N–H and O–H groups in total. The third-order valence-electron chi connectivity index (χ3n) is 6.26. The minimum atomic E-state index is -0.733. The van der Waals surface area contributed by atoms with Crippen LogP contribution in [-0.4, -0.2) is 29.3 Å². The molecule has 3 heterocycles. The number of aromatic hydroxyl groups is 1. The first kappa shape index (κ1) is 21.1. The zero-order chi connectivity index (χ0) is 24.1. The first-order valence-electron chi connectivity index (χ1n) is 11.3. The molecule has 35 heavy (non-hydrogen) atoms. The summed E-state index contributed by atoms with van der Waals surface area (Å²) >= 11 is 0. The van der Waals surface area contributed by atoms with Gasteiger partial charge in [0, 0.05) is 6.54 Å². The highest BCUT2D eigenvalue weighted by molar-refractivity contribution is 5.99. The summed E-state index contributed by atoms with van der Waals surface area (Å²) in [5, 5.41) is 10.6. The molecule has 1 aromatic heterocycles. The molecule has 176 valence electrons. The van der Waals surface area contributed by atoms with Gasteiger partial charge < -0.3 is 28.6 Å². The van der Waals surface area contributed by atoms with Gasteiger partial charge in [0.15, 0.2) is 28.4 Å². The second-order valence-corrected chi connectivity index (χ2v) is 8.35. The van der Waals surface area contributed by atoms with E-state index in [4.69, 9.17) is 18.6 Å². The number of rotatable bonds is 5. The van der Waals surface area contributed by atoms with E-state index in [0.29, 0.717) is 34.6 Å². The van der Waals surface area contributed by atoms with E-state index in [0.717, 1.165) is 5.56 Å². The summed E-state index contributed by atoms with van der Waals surface area (Å²) in [6, 6.07) is 16.5. The molecule has 6 rings (SSSR count). The van der Waals surface area contributed by atoms with Crippen LogP contribution in [0.1, 0.15) is 40.2 Å². The topological polar surface area (TPSA) is 98.4 Å². The number of phenols is 1. The largest absolute Gasteiger partial charge is 0.504 e. The number of fused-ring (bicyclic) bond motifs is 3. The van der Waals surface area contributed by atoms with Gasteiger partial charge in [-0.1, -0.05) is 24.3 Å². The average Bonchev–Trinajstić information content (AvgIpc) is 3.44. The van der Waals surface area contributed by atoms with Gasteiger partial charge in [-0.2, -0.15) is 0 Å². The Balaban J connectivity index is 1.52. The summed E-state index contributed by atoms with van der Waals surface area (Å²) in [5.41, 5.74) is 1.79. The fraction of sp³-hybridized carbons (Fsp3) is 0.185. The van der Waals surface area contributed by atoms with Crippen molar-refractivity contribution in [1.82, 2.24) is 4.90 Å². The summed E-state index contributed by atoms with van der Waals surface area (Å²) < 4.78 is 22.4. The van der Waals surface area contributed by atoms with Crippen molar-refractivity contribution >= 4 is 16.9 Å². The molecule has 0 saturated carbocycles. The first-order valence-corrected chi connectivity index (χ1v) is 11.3. The summed E-state index contributed by atoms with van der Waals surface area (Å²) in [6.07, 6.45) is 0.